The predicted octanol–water partition coefficient (Wildman–Crippen LogP) is 2.26. The molecule has 0 radical (unpaired) electrons. The molecule has 1 fully saturated rings. The van der Waals surface area contributed by atoms with Crippen LogP contribution in [0, 0.1) is 23.2 Å². The van der Waals surface area contributed by atoms with Crippen molar-refractivity contribution in [2.75, 3.05) is 6.61 Å². The minimum atomic E-state index is -0.373. The lowest BCUT2D eigenvalue weighted by Gasteiger charge is -2.35. The van der Waals surface area contributed by atoms with Crippen molar-refractivity contribution in [3.8, 4) is 11.8 Å². The molecule has 0 aromatic heterocycles. The van der Waals surface area contributed by atoms with Gasteiger partial charge in [0.25, 0.3) is 5.91 Å². The highest BCUT2D eigenvalue weighted by Crippen LogP contribution is 2.29. The SMILES string of the molecule is C[C@@H]1[C@H](C)CCC[C@@H]1NC(=S)NNC(=O)COc1ccccc1C#N. The van der Waals surface area contributed by atoms with Crippen molar-refractivity contribution in [2.45, 2.75) is 39.2 Å². The van der Waals surface area contributed by atoms with Gasteiger partial charge in [-0.3, -0.25) is 15.6 Å². The lowest BCUT2D eigenvalue weighted by Crippen LogP contribution is -2.53. The summed E-state index contributed by atoms with van der Waals surface area (Å²) < 4.78 is 5.36. The molecule has 2 rings (SSSR count). The van der Waals surface area contributed by atoms with Gasteiger partial charge in [0.15, 0.2) is 11.7 Å². The highest BCUT2D eigenvalue weighted by atomic mass is 32.1. The molecule has 1 aromatic rings. The molecular formula is C18H24N4O2S. The van der Waals surface area contributed by atoms with E-state index in [1.807, 2.05) is 6.07 Å². The topological polar surface area (TPSA) is 86.2 Å². The van der Waals surface area contributed by atoms with Gasteiger partial charge in [0.05, 0.1) is 5.56 Å². The quantitative estimate of drug-likeness (QED) is 0.564. The van der Waals surface area contributed by atoms with E-state index in [-0.39, 0.29) is 12.5 Å². The first kappa shape index (κ1) is 19.0. The lowest BCUT2D eigenvalue weighted by atomic mass is 9.78. The van der Waals surface area contributed by atoms with Crippen molar-refractivity contribution in [1.29, 1.82) is 5.26 Å². The van der Waals surface area contributed by atoms with E-state index in [9.17, 15) is 4.79 Å². The van der Waals surface area contributed by atoms with Crippen LogP contribution >= 0.6 is 12.2 Å². The third-order valence-corrected chi connectivity index (χ3v) is 4.92. The van der Waals surface area contributed by atoms with Gasteiger partial charge in [0.1, 0.15) is 11.8 Å². The summed E-state index contributed by atoms with van der Waals surface area (Å²) in [6.45, 7) is 4.28. The second kappa shape index (κ2) is 9.23. The molecule has 0 heterocycles. The van der Waals surface area contributed by atoms with Crippen molar-refractivity contribution in [2.24, 2.45) is 11.8 Å². The van der Waals surface area contributed by atoms with Gasteiger partial charge in [-0.15, -0.1) is 0 Å². The highest BCUT2D eigenvalue weighted by molar-refractivity contribution is 7.80. The monoisotopic (exact) mass is 360 g/mol. The number of benzene rings is 1. The van der Waals surface area contributed by atoms with Crippen LogP contribution in [-0.4, -0.2) is 23.7 Å². The Labute approximate surface area is 153 Å². The third-order valence-electron chi connectivity index (χ3n) is 4.71. The molecule has 1 aromatic carbocycles. The number of thiocarbonyl (C=S) groups is 1. The van der Waals surface area contributed by atoms with Gasteiger partial charge in [0.2, 0.25) is 0 Å². The van der Waals surface area contributed by atoms with E-state index in [1.54, 1.807) is 24.3 Å². The standard InChI is InChI=1S/C18H24N4O2S/c1-12-6-5-8-15(13(12)2)20-18(25)22-21-17(23)11-24-16-9-4-3-7-14(16)10-19/h3-4,7,9,12-13,15H,5-6,8,11H2,1-2H3,(H,21,23)(H2,20,22,25)/t12-,13-,15+/m1/s1. The second-order valence-corrected chi connectivity index (χ2v) is 6.83. The number of rotatable bonds is 4. The molecule has 0 saturated heterocycles. The molecule has 134 valence electrons. The first-order chi connectivity index (χ1) is 12.0. The van der Waals surface area contributed by atoms with Crippen molar-refractivity contribution < 1.29 is 9.53 Å². The Morgan fingerprint density at radius 2 is 2.08 bits per heavy atom. The minimum Gasteiger partial charge on any atom is -0.482 e. The van der Waals surface area contributed by atoms with Crippen molar-refractivity contribution >= 4 is 23.2 Å². The van der Waals surface area contributed by atoms with Crippen LogP contribution < -0.4 is 20.9 Å². The molecule has 1 saturated carbocycles. The fraction of sp³-hybridized carbons (Fsp3) is 0.500. The number of amides is 1. The predicted molar refractivity (Wildman–Crippen MR) is 99.6 cm³/mol. The van der Waals surface area contributed by atoms with Crippen LogP contribution in [0.15, 0.2) is 24.3 Å². The highest BCUT2D eigenvalue weighted by Gasteiger charge is 2.27. The summed E-state index contributed by atoms with van der Waals surface area (Å²) in [6.07, 6.45) is 3.51. The van der Waals surface area contributed by atoms with E-state index in [0.29, 0.717) is 34.3 Å². The summed E-state index contributed by atoms with van der Waals surface area (Å²) in [5.41, 5.74) is 5.60. The zero-order valence-electron chi connectivity index (χ0n) is 14.5. The van der Waals surface area contributed by atoms with Gasteiger partial charge in [-0.2, -0.15) is 5.26 Å². The molecule has 7 heteroatoms. The molecule has 25 heavy (non-hydrogen) atoms. The van der Waals surface area contributed by atoms with Crippen LogP contribution in [0.5, 0.6) is 5.75 Å². The zero-order chi connectivity index (χ0) is 18.2. The number of nitriles is 1. The van der Waals surface area contributed by atoms with E-state index < -0.39 is 0 Å². The van der Waals surface area contributed by atoms with E-state index in [2.05, 4.69) is 30.0 Å². The lowest BCUT2D eigenvalue weighted by molar-refractivity contribution is -0.123. The Morgan fingerprint density at radius 1 is 1.32 bits per heavy atom. The smallest absolute Gasteiger partial charge is 0.276 e. The maximum absolute atomic E-state index is 11.9. The van der Waals surface area contributed by atoms with Crippen LogP contribution in [0.25, 0.3) is 0 Å². The number of ether oxygens (including phenoxy) is 1. The number of carbonyl (C=O) groups is 1. The fourth-order valence-electron chi connectivity index (χ4n) is 2.98. The number of hydrogen-bond acceptors (Lipinski definition) is 4. The van der Waals surface area contributed by atoms with E-state index in [0.717, 1.165) is 6.42 Å². The summed E-state index contributed by atoms with van der Waals surface area (Å²) >= 11 is 5.24. The number of para-hydroxylation sites is 1. The van der Waals surface area contributed by atoms with Gasteiger partial charge in [-0.25, -0.2) is 0 Å². The first-order valence-corrected chi connectivity index (χ1v) is 8.89. The van der Waals surface area contributed by atoms with Crippen LogP contribution in [0.4, 0.5) is 0 Å². The summed E-state index contributed by atoms with van der Waals surface area (Å²) in [4.78, 5) is 11.9. The third kappa shape index (κ3) is 5.61. The number of nitrogens with one attached hydrogen (secondary N) is 3. The average Bonchev–Trinajstić information content (AvgIpc) is 2.62. The number of hydrogen-bond donors (Lipinski definition) is 3. The molecule has 6 nitrogen and oxygen atoms in total. The van der Waals surface area contributed by atoms with E-state index in [4.69, 9.17) is 22.2 Å². The molecule has 0 unspecified atom stereocenters. The summed E-state index contributed by atoms with van der Waals surface area (Å²) in [5.74, 6) is 1.21. The van der Waals surface area contributed by atoms with Crippen molar-refractivity contribution in [3.63, 3.8) is 0 Å². The Balaban J connectivity index is 1.72. The van der Waals surface area contributed by atoms with Crippen molar-refractivity contribution in [3.05, 3.63) is 29.8 Å². The number of carbonyl (C=O) groups excluding carboxylic acids is 1. The number of nitrogens with zero attached hydrogens (tertiary/aromatic N) is 1. The van der Waals surface area contributed by atoms with Crippen LogP contribution in [-0.2, 0) is 4.79 Å². The zero-order valence-corrected chi connectivity index (χ0v) is 15.4. The Morgan fingerprint density at radius 3 is 2.84 bits per heavy atom. The van der Waals surface area contributed by atoms with Gasteiger partial charge in [-0.1, -0.05) is 38.8 Å². The van der Waals surface area contributed by atoms with Crippen LogP contribution in [0.2, 0.25) is 0 Å². The summed E-state index contributed by atoms with van der Waals surface area (Å²) in [5, 5.41) is 12.7. The van der Waals surface area contributed by atoms with Crippen LogP contribution in [0.3, 0.4) is 0 Å². The maximum atomic E-state index is 11.9. The Kier molecular flexibility index (Phi) is 7.02. The molecule has 0 bridgehead atoms. The maximum Gasteiger partial charge on any atom is 0.276 e. The van der Waals surface area contributed by atoms with Crippen molar-refractivity contribution in [1.82, 2.24) is 16.2 Å². The normalized spacial score (nSPS) is 22.4. The number of hydrazine groups is 1. The summed E-state index contributed by atoms with van der Waals surface area (Å²) in [7, 11) is 0. The molecule has 3 atom stereocenters. The van der Waals surface area contributed by atoms with Gasteiger partial charge in [-0.05, 0) is 42.6 Å². The molecule has 0 spiro atoms. The fourth-order valence-corrected chi connectivity index (χ4v) is 3.18. The Hall–Kier alpha value is -2.33. The molecular weight excluding hydrogens is 336 g/mol. The Bertz CT molecular complexity index is 659. The molecule has 1 aliphatic carbocycles. The minimum absolute atomic E-state index is 0.203. The van der Waals surface area contributed by atoms with Crippen LogP contribution in [0.1, 0.15) is 38.7 Å². The van der Waals surface area contributed by atoms with Gasteiger partial charge >= 0.3 is 0 Å². The second-order valence-electron chi connectivity index (χ2n) is 6.42. The molecule has 1 amide bonds. The first-order valence-electron chi connectivity index (χ1n) is 8.48. The molecule has 0 aliphatic heterocycles. The van der Waals surface area contributed by atoms with Gasteiger partial charge in [0, 0.05) is 6.04 Å². The average molecular weight is 360 g/mol. The summed E-state index contributed by atoms with van der Waals surface area (Å²) in [6, 6.07) is 9.11. The van der Waals surface area contributed by atoms with E-state index in [1.165, 1.54) is 12.8 Å². The largest absolute Gasteiger partial charge is 0.482 e. The van der Waals surface area contributed by atoms with Gasteiger partial charge < -0.3 is 10.1 Å². The molecule has 3 N–H and O–H groups in total. The van der Waals surface area contributed by atoms with E-state index >= 15 is 0 Å². The molecule has 1 aliphatic rings.